The summed E-state index contributed by atoms with van der Waals surface area (Å²) < 4.78 is 9.68. The lowest BCUT2D eigenvalue weighted by atomic mass is 10.1. The summed E-state index contributed by atoms with van der Waals surface area (Å²) in [6.45, 7) is -0.0146. The van der Waals surface area contributed by atoms with E-state index in [1.165, 1.54) is 7.11 Å². The first-order valence-electron chi connectivity index (χ1n) is 5.62. The van der Waals surface area contributed by atoms with Gasteiger partial charge in [-0.25, -0.2) is 4.79 Å². The van der Waals surface area contributed by atoms with Crippen LogP contribution in [-0.4, -0.2) is 26.7 Å². The first-order chi connectivity index (χ1) is 9.21. The van der Waals surface area contributed by atoms with Crippen molar-refractivity contribution in [3.05, 3.63) is 51.9 Å². The predicted molar refractivity (Wildman–Crippen MR) is 70.8 cm³/mol. The summed E-state index contributed by atoms with van der Waals surface area (Å²) in [5.74, 6) is 0.288. The fourth-order valence-electron chi connectivity index (χ4n) is 1.45. The third-order valence-electron chi connectivity index (χ3n) is 2.50. The molecule has 0 radical (unpaired) electrons. The highest BCUT2D eigenvalue weighted by Crippen LogP contribution is 2.13. The molecule has 0 aliphatic rings. The summed E-state index contributed by atoms with van der Waals surface area (Å²) in [5, 5.41) is 3.37. The molecule has 0 aromatic heterocycles. The van der Waals surface area contributed by atoms with Crippen LogP contribution in [0.1, 0.15) is 5.56 Å². The number of rotatable bonds is 6. The maximum absolute atomic E-state index is 11.4. The predicted octanol–water partition coefficient (Wildman–Crippen LogP) is 2.65. The zero-order chi connectivity index (χ0) is 14.1. The normalized spacial score (nSPS) is 10.5. The Bertz CT molecular complexity index is 502. The number of methoxy groups -OCH3 is 2. The molecule has 0 aliphatic heterocycles. The minimum absolute atomic E-state index is 0.0146. The highest BCUT2D eigenvalue weighted by atomic mass is 16.5. The molecule has 19 heavy (non-hydrogen) atoms. The third kappa shape index (κ3) is 4.73. The van der Waals surface area contributed by atoms with Gasteiger partial charge in [-0.15, -0.1) is 0 Å². The van der Waals surface area contributed by atoms with Gasteiger partial charge in [-0.2, -0.15) is 0 Å². The molecule has 100 valence electrons. The monoisotopic (exact) mass is 261 g/mol. The molecule has 0 spiro atoms. The molecular formula is C13H15N3O3. The van der Waals surface area contributed by atoms with Gasteiger partial charge in [0.25, 0.3) is 0 Å². The van der Waals surface area contributed by atoms with E-state index in [0.29, 0.717) is 12.0 Å². The van der Waals surface area contributed by atoms with Crippen LogP contribution in [0.5, 0.6) is 5.75 Å². The van der Waals surface area contributed by atoms with Crippen LogP contribution in [-0.2, 0) is 16.0 Å². The molecule has 0 saturated carbocycles. The molecular weight excluding hydrogens is 246 g/mol. The summed E-state index contributed by atoms with van der Waals surface area (Å²) in [7, 11) is 2.89. The van der Waals surface area contributed by atoms with Gasteiger partial charge in [0.1, 0.15) is 5.75 Å². The number of azide groups is 1. The zero-order valence-corrected chi connectivity index (χ0v) is 10.9. The smallest absolute Gasteiger partial charge is 0.333 e. The summed E-state index contributed by atoms with van der Waals surface area (Å²) in [6, 6.07) is 7.48. The van der Waals surface area contributed by atoms with E-state index in [0.717, 1.165) is 11.3 Å². The van der Waals surface area contributed by atoms with Crippen molar-refractivity contribution in [1.82, 2.24) is 0 Å². The second kappa shape index (κ2) is 7.79. The lowest BCUT2D eigenvalue weighted by Gasteiger charge is -2.03. The molecule has 1 aromatic carbocycles. The van der Waals surface area contributed by atoms with Crippen LogP contribution in [0.3, 0.4) is 0 Å². The minimum atomic E-state index is -0.485. The first kappa shape index (κ1) is 14.6. The van der Waals surface area contributed by atoms with Gasteiger partial charge in [0.05, 0.1) is 20.8 Å². The SMILES string of the molecule is COC(=O)/C(=C/Cc1ccc(OC)cc1)CN=[N+]=[N-]. The minimum Gasteiger partial charge on any atom is -0.497 e. The van der Waals surface area contributed by atoms with E-state index in [1.54, 1.807) is 13.2 Å². The molecule has 0 unspecified atom stereocenters. The van der Waals surface area contributed by atoms with E-state index < -0.39 is 5.97 Å². The van der Waals surface area contributed by atoms with E-state index in [2.05, 4.69) is 14.8 Å². The van der Waals surface area contributed by atoms with Crippen molar-refractivity contribution in [2.75, 3.05) is 20.8 Å². The van der Waals surface area contributed by atoms with Crippen LogP contribution >= 0.6 is 0 Å². The van der Waals surface area contributed by atoms with Crippen molar-refractivity contribution in [3.8, 4) is 5.75 Å². The Kier molecular flexibility index (Phi) is 5.98. The summed E-state index contributed by atoms with van der Waals surface area (Å²) in [4.78, 5) is 14.1. The van der Waals surface area contributed by atoms with Crippen molar-refractivity contribution in [2.24, 2.45) is 5.11 Å². The first-order valence-corrected chi connectivity index (χ1v) is 5.62. The second-order valence-corrected chi connectivity index (χ2v) is 3.66. The number of allylic oxidation sites excluding steroid dienone is 1. The van der Waals surface area contributed by atoms with Crippen molar-refractivity contribution < 1.29 is 14.3 Å². The maximum atomic E-state index is 11.4. The van der Waals surface area contributed by atoms with Gasteiger partial charge < -0.3 is 9.47 Å². The van der Waals surface area contributed by atoms with Gasteiger partial charge in [0.2, 0.25) is 0 Å². The molecule has 6 nitrogen and oxygen atoms in total. The van der Waals surface area contributed by atoms with Gasteiger partial charge in [-0.05, 0) is 29.6 Å². The molecule has 1 rings (SSSR count). The Hall–Kier alpha value is -2.46. The van der Waals surface area contributed by atoms with Crippen LogP contribution in [0.2, 0.25) is 0 Å². The zero-order valence-electron chi connectivity index (χ0n) is 10.9. The van der Waals surface area contributed by atoms with Crippen molar-refractivity contribution in [3.63, 3.8) is 0 Å². The topological polar surface area (TPSA) is 84.3 Å². The molecule has 6 heteroatoms. The number of esters is 1. The number of benzene rings is 1. The van der Waals surface area contributed by atoms with Crippen molar-refractivity contribution in [2.45, 2.75) is 6.42 Å². The molecule has 0 heterocycles. The Morgan fingerprint density at radius 3 is 2.58 bits per heavy atom. The van der Waals surface area contributed by atoms with Gasteiger partial charge >= 0.3 is 5.97 Å². The standard InChI is InChI=1S/C13H15N3O3/c1-18-12-7-4-10(5-8-12)3-6-11(9-15-16-14)13(17)19-2/h4-8H,3,9H2,1-2H3/b11-6+. The van der Waals surface area contributed by atoms with Crippen molar-refractivity contribution in [1.29, 1.82) is 0 Å². The lowest BCUT2D eigenvalue weighted by Crippen LogP contribution is -2.07. The summed E-state index contributed by atoms with van der Waals surface area (Å²) >= 11 is 0. The average molecular weight is 261 g/mol. The largest absolute Gasteiger partial charge is 0.497 e. The third-order valence-corrected chi connectivity index (χ3v) is 2.50. The molecule has 0 fully saturated rings. The van der Waals surface area contributed by atoms with E-state index in [4.69, 9.17) is 10.3 Å². The fraction of sp³-hybridized carbons (Fsp3) is 0.308. The van der Waals surface area contributed by atoms with Crippen LogP contribution in [0.4, 0.5) is 0 Å². The Morgan fingerprint density at radius 2 is 2.05 bits per heavy atom. The molecule has 1 aromatic rings. The summed E-state index contributed by atoms with van der Waals surface area (Å²) in [6.07, 6.45) is 2.25. The van der Waals surface area contributed by atoms with Crippen LogP contribution in [0.15, 0.2) is 41.0 Å². The van der Waals surface area contributed by atoms with E-state index in [1.807, 2.05) is 24.3 Å². The molecule has 0 saturated heterocycles. The highest BCUT2D eigenvalue weighted by Gasteiger charge is 2.07. The van der Waals surface area contributed by atoms with Crippen LogP contribution in [0, 0.1) is 0 Å². The van der Waals surface area contributed by atoms with E-state index in [-0.39, 0.29) is 6.54 Å². The molecule has 0 bridgehead atoms. The number of hydrogen-bond acceptors (Lipinski definition) is 4. The van der Waals surface area contributed by atoms with Gasteiger partial charge in [0.15, 0.2) is 0 Å². The van der Waals surface area contributed by atoms with E-state index in [9.17, 15) is 4.79 Å². The van der Waals surface area contributed by atoms with Crippen molar-refractivity contribution >= 4 is 5.97 Å². The molecule has 0 amide bonds. The fourth-order valence-corrected chi connectivity index (χ4v) is 1.45. The average Bonchev–Trinajstić information content (AvgIpc) is 2.47. The number of carbonyl (C=O) groups excluding carboxylic acids is 1. The van der Waals surface area contributed by atoms with Crippen LogP contribution in [0.25, 0.3) is 10.4 Å². The lowest BCUT2D eigenvalue weighted by molar-refractivity contribution is -0.136. The molecule has 0 aliphatic carbocycles. The summed E-state index contributed by atoms with van der Waals surface area (Å²) in [5.41, 5.74) is 9.64. The molecule has 0 atom stereocenters. The van der Waals surface area contributed by atoms with E-state index >= 15 is 0 Å². The number of carbonyl (C=O) groups is 1. The Labute approximate surface area is 111 Å². The highest BCUT2D eigenvalue weighted by molar-refractivity contribution is 5.88. The second-order valence-electron chi connectivity index (χ2n) is 3.66. The van der Waals surface area contributed by atoms with Gasteiger partial charge in [-0.3, -0.25) is 0 Å². The quantitative estimate of drug-likeness (QED) is 0.259. The van der Waals surface area contributed by atoms with Gasteiger partial charge in [0, 0.05) is 10.5 Å². The maximum Gasteiger partial charge on any atom is 0.333 e. The van der Waals surface area contributed by atoms with Gasteiger partial charge in [-0.1, -0.05) is 23.3 Å². The number of ether oxygens (including phenoxy) is 2. The Balaban J connectivity index is 2.78. The number of hydrogen-bond donors (Lipinski definition) is 0. The van der Waals surface area contributed by atoms with Crippen LogP contribution < -0.4 is 4.74 Å². The molecule has 0 N–H and O–H groups in total. The Morgan fingerprint density at radius 1 is 1.37 bits per heavy atom. The number of nitrogens with zero attached hydrogens (tertiary/aromatic N) is 3.